The highest BCUT2D eigenvalue weighted by Crippen LogP contribution is 2.26. The van der Waals surface area contributed by atoms with E-state index in [0.717, 1.165) is 40.3 Å². The Morgan fingerprint density at radius 2 is 1.93 bits per heavy atom. The van der Waals surface area contributed by atoms with Gasteiger partial charge >= 0.3 is 0 Å². The highest BCUT2D eigenvalue weighted by molar-refractivity contribution is 7.14. The van der Waals surface area contributed by atoms with E-state index < -0.39 is 0 Å². The van der Waals surface area contributed by atoms with Gasteiger partial charge in [0.1, 0.15) is 0 Å². The van der Waals surface area contributed by atoms with Crippen molar-refractivity contribution in [2.24, 2.45) is 10.1 Å². The average molecular weight is 405 g/mol. The van der Waals surface area contributed by atoms with Crippen LogP contribution < -0.4 is 4.80 Å². The van der Waals surface area contributed by atoms with Crippen molar-refractivity contribution < 1.29 is 0 Å². The molecule has 28 heavy (non-hydrogen) atoms. The van der Waals surface area contributed by atoms with Crippen LogP contribution in [0.1, 0.15) is 25.3 Å². The molecule has 4 aromatic rings. The van der Waals surface area contributed by atoms with Crippen LogP contribution in [0.4, 0.5) is 5.69 Å². The number of benzene rings is 1. The van der Waals surface area contributed by atoms with E-state index in [1.165, 1.54) is 4.88 Å². The Balaban J connectivity index is 1.90. The molecule has 4 rings (SSSR count). The minimum Gasteiger partial charge on any atom is -0.262 e. The normalized spacial score (nSPS) is 12.5. The highest BCUT2D eigenvalue weighted by atomic mass is 32.1. The van der Waals surface area contributed by atoms with E-state index in [1.54, 1.807) is 35.1 Å². The van der Waals surface area contributed by atoms with E-state index in [0.29, 0.717) is 0 Å². The molecule has 1 aromatic carbocycles. The maximum absolute atomic E-state index is 5.07. The lowest BCUT2D eigenvalue weighted by Gasteiger charge is -2.08. The van der Waals surface area contributed by atoms with Gasteiger partial charge in [0, 0.05) is 11.6 Å². The Labute approximate surface area is 172 Å². The Kier molecular flexibility index (Phi) is 5.89. The number of thiophene rings is 1. The van der Waals surface area contributed by atoms with Gasteiger partial charge in [0.25, 0.3) is 0 Å². The first-order valence-corrected chi connectivity index (χ1v) is 10.9. The monoisotopic (exact) mass is 404 g/mol. The summed E-state index contributed by atoms with van der Waals surface area (Å²) in [5.41, 5.74) is 4.09. The number of rotatable bonds is 6. The predicted octanol–water partition coefficient (Wildman–Crippen LogP) is 5.96. The van der Waals surface area contributed by atoms with Gasteiger partial charge in [0.05, 0.1) is 28.2 Å². The molecule has 3 heterocycles. The molecule has 0 spiro atoms. The fraction of sp³-hybridized carbons (Fsp3) is 0.136. The molecule has 0 saturated carbocycles. The number of hydrogen-bond donors (Lipinski definition) is 0. The summed E-state index contributed by atoms with van der Waals surface area (Å²) in [6.07, 6.45) is 5.46. The molecule has 140 valence electrons. The van der Waals surface area contributed by atoms with Crippen LogP contribution in [-0.4, -0.2) is 15.4 Å². The van der Waals surface area contributed by atoms with Crippen molar-refractivity contribution in [3.05, 3.63) is 88.1 Å². The van der Waals surface area contributed by atoms with E-state index in [4.69, 9.17) is 10.1 Å². The molecule has 0 radical (unpaired) electrons. The largest absolute Gasteiger partial charge is 0.262 e. The number of thiazole rings is 1. The van der Waals surface area contributed by atoms with Crippen LogP contribution in [0.2, 0.25) is 0 Å². The van der Waals surface area contributed by atoms with Crippen molar-refractivity contribution in [2.45, 2.75) is 19.8 Å². The summed E-state index contributed by atoms with van der Waals surface area (Å²) in [6, 6.07) is 18.4. The average Bonchev–Trinajstić information content (AvgIpc) is 3.40. The fourth-order valence-corrected chi connectivity index (χ4v) is 4.48. The molecule has 0 amide bonds. The maximum Gasteiger partial charge on any atom is 0.211 e. The van der Waals surface area contributed by atoms with Gasteiger partial charge in [-0.3, -0.25) is 4.98 Å². The van der Waals surface area contributed by atoms with Crippen molar-refractivity contribution in [1.29, 1.82) is 0 Å². The SMILES string of the molecule is CCCC(=Nn1c(-c2cccs2)csc1=Nc1cccnc1)c1ccccc1. The van der Waals surface area contributed by atoms with Gasteiger partial charge < -0.3 is 0 Å². The first kappa shape index (κ1) is 18.5. The van der Waals surface area contributed by atoms with Crippen molar-refractivity contribution in [2.75, 3.05) is 0 Å². The third kappa shape index (κ3) is 4.18. The minimum atomic E-state index is 0.822. The van der Waals surface area contributed by atoms with Gasteiger partial charge in [0.15, 0.2) is 0 Å². The zero-order valence-corrected chi connectivity index (χ0v) is 17.2. The van der Waals surface area contributed by atoms with Crippen LogP contribution in [0.5, 0.6) is 0 Å². The molecule has 0 fully saturated rings. The number of aromatic nitrogens is 2. The van der Waals surface area contributed by atoms with Crippen molar-refractivity contribution in [1.82, 2.24) is 9.66 Å². The molecule has 0 unspecified atom stereocenters. The predicted molar refractivity (Wildman–Crippen MR) is 118 cm³/mol. The second-order valence-electron chi connectivity index (χ2n) is 6.18. The summed E-state index contributed by atoms with van der Waals surface area (Å²) in [7, 11) is 0. The maximum atomic E-state index is 5.07. The molecule has 3 aromatic heterocycles. The lowest BCUT2D eigenvalue weighted by Crippen LogP contribution is -2.14. The Hall–Kier alpha value is -2.83. The number of pyridine rings is 1. The quantitative estimate of drug-likeness (QED) is 0.366. The second-order valence-corrected chi connectivity index (χ2v) is 7.96. The Bertz CT molecular complexity index is 1110. The molecule has 0 aliphatic carbocycles. The van der Waals surface area contributed by atoms with Crippen LogP contribution in [0, 0.1) is 0 Å². The van der Waals surface area contributed by atoms with Crippen LogP contribution >= 0.6 is 22.7 Å². The molecule has 0 bridgehead atoms. The molecule has 4 nitrogen and oxygen atoms in total. The highest BCUT2D eigenvalue weighted by Gasteiger charge is 2.11. The molecule has 0 atom stereocenters. The van der Waals surface area contributed by atoms with Gasteiger partial charge in [-0.2, -0.15) is 5.10 Å². The summed E-state index contributed by atoms with van der Waals surface area (Å²) in [5.74, 6) is 0. The zero-order valence-electron chi connectivity index (χ0n) is 15.5. The molecule has 6 heteroatoms. The summed E-state index contributed by atoms with van der Waals surface area (Å²) in [6.45, 7) is 2.18. The third-order valence-corrected chi connectivity index (χ3v) is 5.85. The summed E-state index contributed by atoms with van der Waals surface area (Å²) in [5, 5.41) is 9.28. The lowest BCUT2D eigenvalue weighted by molar-refractivity contribution is 0.836. The van der Waals surface area contributed by atoms with Crippen molar-refractivity contribution >= 4 is 34.1 Å². The van der Waals surface area contributed by atoms with Gasteiger partial charge in [0.2, 0.25) is 4.80 Å². The topological polar surface area (TPSA) is 42.5 Å². The third-order valence-electron chi connectivity index (χ3n) is 4.14. The summed E-state index contributed by atoms with van der Waals surface area (Å²) < 4.78 is 1.97. The molecular formula is C22H20N4S2. The summed E-state index contributed by atoms with van der Waals surface area (Å²) in [4.78, 5) is 11.0. The minimum absolute atomic E-state index is 0.822. The van der Waals surface area contributed by atoms with E-state index in [2.05, 4.69) is 59.1 Å². The van der Waals surface area contributed by atoms with Gasteiger partial charge in [-0.25, -0.2) is 9.67 Å². The first-order chi connectivity index (χ1) is 13.8. The van der Waals surface area contributed by atoms with E-state index in [1.807, 2.05) is 22.9 Å². The van der Waals surface area contributed by atoms with Crippen molar-refractivity contribution in [3.63, 3.8) is 0 Å². The van der Waals surface area contributed by atoms with E-state index in [-0.39, 0.29) is 0 Å². The van der Waals surface area contributed by atoms with Crippen LogP contribution in [0.3, 0.4) is 0 Å². The smallest absolute Gasteiger partial charge is 0.211 e. The second kappa shape index (κ2) is 8.91. The standard InChI is InChI=1S/C22H20N4S2/c1-2-8-19(17-9-4-3-5-10-17)25-26-20(21-12-7-14-27-21)16-28-22(26)24-18-11-6-13-23-15-18/h3-7,9-16H,2,8H2,1H3. The van der Waals surface area contributed by atoms with Gasteiger partial charge in [-0.1, -0.05) is 49.7 Å². The molecular weight excluding hydrogens is 384 g/mol. The van der Waals surface area contributed by atoms with E-state index >= 15 is 0 Å². The molecule has 0 aliphatic heterocycles. The first-order valence-electron chi connectivity index (χ1n) is 9.17. The molecule has 0 N–H and O–H groups in total. The number of hydrogen-bond acceptors (Lipinski definition) is 5. The molecule has 0 aliphatic rings. The zero-order chi connectivity index (χ0) is 19.2. The fourth-order valence-electron chi connectivity index (χ4n) is 2.84. The van der Waals surface area contributed by atoms with Gasteiger partial charge in [-0.05, 0) is 35.6 Å². The van der Waals surface area contributed by atoms with Crippen LogP contribution in [-0.2, 0) is 0 Å². The number of nitrogens with zero attached hydrogens (tertiary/aromatic N) is 4. The van der Waals surface area contributed by atoms with Crippen LogP contribution in [0.25, 0.3) is 10.6 Å². The van der Waals surface area contributed by atoms with E-state index in [9.17, 15) is 0 Å². The Morgan fingerprint density at radius 3 is 2.64 bits per heavy atom. The molecule has 0 saturated heterocycles. The summed E-state index contributed by atoms with van der Waals surface area (Å²) >= 11 is 3.30. The van der Waals surface area contributed by atoms with Crippen molar-refractivity contribution in [3.8, 4) is 10.6 Å². The lowest BCUT2D eigenvalue weighted by atomic mass is 10.1. The van der Waals surface area contributed by atoms with Crippen LogP contribution in [0.15, 0.2) is 87.8 Å². The van der Waals surface area contributed by atoms with Gasteiger partial charge in [-0.15, -0.1) is 22.7 Å². The Morgan fingerprint density at radius 1 is 1.04 bits per heavy atom.